The van der Waals surface area contributed by atoms with Gasteiger partial charge in [-0.05, 0) is 35.4 Å². The maximum atomic E-state index is 6.50. The Hall–Kier alpha value is -1.74. The lowest BCUT2D eigenvalue weighted by Crippen LogP contribution is -2.05. The Kier molecular flexibility index (Phi) is 4.85. The summed E-state index contributed by atoms with van der Waals surface area (Å²) in [4.78, 5) is 6.13. The zero-order valence-electron chi connectivity index (χ0n) is 13.3. The van der Waals surface area contributed by atoms with Crippen molar-refractivity contribution in [1.29, 1.82) is 0 Å². The maximum absolute atomic E-state index is 6.50. The Morgan fingerprint density at radius 2 is 1.64 bits per heavy atom. The van der Waals surface area contributed by atoms with Gasteiger partial charge in [0.2, 0.25) is 0 Å². The van der Waals surface area contributed by atoms with E-state index in [9.17, 15) is 0 Å². The van der Waals surface area contributed by atoms with Crippen LogP contribution >= 0.6 is 35.0 Å². The van der Waals surface area contributed by atoms with Crippen LogP contribution in [0.4, 0.5) is 5.69 Å². The highest BCUT2D eigenvalue weighted by molar-refractivity contribution is 7.99. The van der Waals surface area contributed by atoms with Crippen LogP contribution in [0.2, 0.25) is 10.0 Å². The molecule has 1 aliphatic heterocycles. The first kappa shape index (κ1) is 16.7. The van der Waals surface area contributed by atoms with Crippen LogP contribution in [0, 0.1) is 0 Å². The van der Waals surface area contributed by atoms with E-state index in [0.29, 0.717) is 10.0 Å². The SMILES string of the molecule is Clc1ccc(C2CC(c3ccccc3)=Nc3ccccc3S2)c(Cl)c1. The predicted molar refractivity (Wildman–Crippen MR) is 109 cm³/mol. The topological polar surface area (TPSA) is 12.4 Å². The molecule has 4 heteroatoms. The van der Waals surface area contributed by atoms with E-state index in [-0.39, 0.29) is 5.25 Å². The summed E-state index contributed by atoms with van der Waals surface area (Å²) in [6.07, 6.45) is 0.810. The molecule has 0 radical (unpaired) electrons. The molecule has 1 unspecified atom stereocenters. The number of fused-ring (bicyclic) bond motifs is 1. The summed E-state index contributed by atoms with van der Waals surface area (Å²) in [5.74, 6) is 0. The molecule has 1 atom stereocenters. The van der Waals surface area contributed by atoms with Gasteiger partial charge in [0.05, 0.1) is 5.69 Å². The monoisotopic (exact) mass is 383 g/mol. The molecule has 0 fully saturated rings. The smallest absolute Gasteiger partial charge is 0.0769 e. The average Bonchev–Trinajstić information content (AvgIpc) is 2.82. The van der Waals surface area contributed by atoms with Crippen LogP contribution in [0.25, 0.3) is 0 Å². The van der Waals surface area contributed by atoms with Crippen LogP contribution in [0.15, 0.2) is 82.7 Å². The van der Waals surface area contributed by atoms with E-state index in [1.807, 2.05) is 54.2 Å². The highest BCUT2D eigenvalue weighted by atomic mass is 35.5. The summed E-state index contributed by atoms with van der Waals surface area (Å²) >= 11 is 14.4. The lowest BCUT2D eigenvalue weighted by Gasteiger charge is -2.17. The second kappa shape index (κ2) is 7.25. The van der Waals surface area contributed by atoms with E-state index in [2.05, 4.69) is 30.3 Å². The molecule has 124 valence electrons. The van der Waals surface area contributed by atoms with Crippen molar-refractivity contribution in [1.82, 2.24) is 0 Å². The molecule has 0 amide bonds. The zero-order chi connectivity index (χ0) is 17.2. The van der Waals surface area contributed by atoms with Gasteiger partial charge in [0, 0.05) is 32.3 Å². The number of rotatable bonds is 2. The van der Waals surface area contributed by atoms with Crippen LogP contribution in [0.1, 0.15) is 22.8 Å². The summed E-state index contributed by atoms with van der Waals surface area (Å²) in [5.41, 5.74) is 4.33. The van der Waals surface area contributed by atoms with Crippen molar-refractivity contribution >= 4 is 46.4 Å². The first-order chi connectivity index (χ1) is 12.2. The van der Waals surface area contributed by atoms with Gasteiger partial charge >= 0.3 is 0 Å². The number of benzene rings is 3. The first-order valence-corrected chi connectivity index (χ1v) is 9.68. The molecule has 4 rings (SSSR count). The third-order valence-corrected chi connectivity index (χ3v) is 6.05. The molecular weight excluding hydrogens is 369 g/mol. The van der Waals surface area contributed by atoms with Gasteiger partial charge in [0.25, 0.3) is 0 Å². The Balaban J connectivity index is 1.82. The van der Waals surface area contributed by atoms with Gasteiger partial charge in [-0.15, -0.1) is 11.8 Å². The Labute approximate surface area is 161 Å². The van der Waals surface area contributed by atoms with Crippen molar-refractivity contribution in [2.45, 2.75) is 16.6 Å². The summed E-state index contributed by atoms with van der Waals surface area (Å²) in [5, 5.41) is 1.55. The number of nitrogens with zero attached hydrogens (tertiary/aromatic N) is 1. The van der Waals surface area contributed by atoms with Crippen LogP contribution < -0.4 is 0 Å². The van der Waals surface area contributed by atoms with E-state index in [1.54, 1.807) is 0 Å². The van der Waals surface area contributed by atoms with Gasteiger partial charge in [-0.25, -0.2) is 0 Å². The van der Waals surface area contributed by atoms with Crippen LogP contribution in [0.5, 0.6) is 0 Å². The van der Waals surface area contributed by atoms with Crippen LogP contribution in [-0.4, -0.2) is 5.71 Å². The highest BCUT2D eigenvalue weighted by Crippen LogP contribution is 2.47. The summed E-state index contributed by atoms with van der Waals surface area (Å²) in [6, 6.07) is 24.3. The second-order valence-corrected chi connectivity index (χ2v) is 7.96. The van der Waals surface area contributed by atoms with Gasteiger partial charge in [0.1, 0.15) is 0 Å². The minimum atomic E-state index is 0.187. The Bertz CT molecular complexity index is 938. The average molecular weight is 384 g/mol. The molecule has 3 aromatic carbocycles. The van der Waals surface area contributed by atoms with Crippen molar-refractivity contribution in [2.75, 3.05) is 0 Å². The summed E-state index contributed by atoms with van der Waals surface area (Å²) < 4.78 is 0. The van der Waals surface area contributed by atoms with Gasteiger partial charge in [-0.3, -0.25) is 4.99 Å². The van der Waals surface area contributed by atoms with Crippen molar-refractivity contribution in [3.05, 3.63) is 94.0 Å². The standard InChI is InChI=1S/C21H15Cl2NS/c22-15-10-11-16(17(23)12-15)21-13-19(14-6-2-1-3-7-14)24-18-8-4-5-9-20(18)25-21/h1-12,21H,13H2. The fraction of sp³-hybridized carbons (Fsp3) is 0.0952. The van der Waals surface area contributed by atoms with Crippen molar-refractivity contribution < 1.29 is 0 Å². The maximum Gasteiger partial charge on any atom is 0.0769 e. The molecule has 1 aliphatic rings. The van der Waals surface area contributed by atoms with Crippen molar-refractivity contribution in [3.8, 4) is 0 Å². The van der Waals surface area contributed by atoms with Gasteiger partial charge < -0.3 is 0 Å². The lowest BCUT2D eigenvalue weighted by molar-refractivity contribution is 1.01. The number of hydrogen-bond donors (Lipinski definition) is 0. The molecule has 1 nitrogen and oxygen atoms in total. The second-order valence-electron chi connectivity index (χ2n) is 5.87. The molecule has 0 saturated heterocycles. The molecule has 0 aromatic heterocycles. The molecule has 1 heterocycles. The highest BCUT2D eigenvalue weighted by Gasteiger charge is 2.24. The molecule has 25 heavy (non-hydrogen) atoms. The Morgan fingerprint density at radius 3 is 2.44 bits per heavy atom. The molecular formula is C21H15Cl2NS. The fourth-order valence-electron chi connectivity index (χ4n) is 2.96. The molecule has 0 saturated carbocycles. The van der Waals surface area contributed by atoms with Gasteiger partial charge in [-0.1, -0.05) is 71.7 Å². The largest absolute Gasteiger partial charge is 0.252 e. The number of halogens is 2. The minimum absolute atomic E-state index is 0.187. The normalized spacial score (nSPS) is 16.7. The quantitative estimate of drug-likeness (QED) is 0.450. The lowest BCUT2D eigenvalue weighted by atomic mass is 10.0. The van der Waals surface area contributed by atoms with E-state index in [0.717, 1.165) is 28.9 Å². The zero-order valence-corrected chi connectivity index (χ0v) is 15.7. The van der Waals surface area contributed by atoms with Gasteiger partial charge in [0.15, 0.2) is 0 Å². The molecule has 0 bridgehead atoms. The Morgan fingerprint density at radius 1 is 0.880 bits per heavy atom. The molecule has 3 aromatic rings. The number of para-hydroxylation sites is 1. The van der Waals surface area contributed by atoms with Crippen LogP contribution in [0.3, 0.4) is 0 Å². The predicted octanol–water partition coefficient (Wildman–Crippen LogP) is 7.35. The van der Waals surface area contributed by atoms with E-state index < -0.39 is 0 Å². The van der Waals surface area contributed by atoms with E-state index in [1.165, 1.54) is 4.90 Å². The van der Waals surface area contributed by atoms with Crippen LogP contribution in [-0.2, 0) is 0 Å². The number of hydrogen-bond acceptors (Lipinski definition) is 2. The number of aliphatic imine (C=N–C) groups is 1. The molecule has 0 N–H and O–H groups in total. The van der Waals surface area contributed by atoms with E-state index >= 15 is 0 Å². The number of thioether (sulfide) groups is 1. The minimum Gasteiger partial charge on any atom is -0.252 e. The third kappa shape index (κ3) is 3.62. The molecule has 0 spiro atoms. The summed E-state index contributed by atoms with van der Waals surface area (Å²) in [6.45, 7) is 0. The van der Waals surface area contributed by atoms with Crippen molar-refractivity contribution in [2.24, 2.45) is 4.99 Å². The fourth-order valence-corrected chi connectivity index (χ4v) is 4.84. The first-order valence-electron chi connectivity index (χ1n) is 8.04. The van der Waals surface area contributed by atoms with E-state index in [4.69, 9.17) is 28.2 Å². The molecule has 0 aliphatic carbocycles. The van der Waals surface area contributed by atoms with Gasteiger partial charge in [-0.2, -0.15) is 0 Å². The summed E-state index contributed by atoms with van der Waals surface area (Å²) in [7, 11) is 0. The van der Waals surface area contributed by atoms with Crippen molar-refractivity contribution in [3.63, 3.8) is 0 Å². The third-order valence-electron chi connectivity index (χ3n) is 4.19.